The van der Waals surface area contributed by atoms with Gasteiger partial charge in [0.15, 0.2) is 0 Å². The molecule has 0 saturated carbocycles. The van der Waals surface area contributed by atoms with E-state index in [2.05, 4.69) is 59.9 Å². The molecule has 0 aromatic heterocycles. The van der Waals surface area contributed by atoms with Crippen molar-refractivity contribution in [2.75, 3.05) is 12.4 Å². The lowest BCUT2D eigenvalue weighted by Gasteiger charge is -2.14. The van der Waals surface area contributed by atoms with Gasteiger partial charge in [0.25, 0.3) is 0 Å². The number of rotatable bonds is 5. The molecule has 0 saturated heterocycles. The van der Waals surface area contributed by atoms with Gasteiger partial charge in [-0.3, -0.25) is 4.79 Å². The molecule has 1 N–H and O–H groups in total. The molecule has 4 aromatic rings. The maximum absolute atomic E-state index is 12.2. The van der Waals surface area contributed by atoms with E-state index in [1.807, 2.05) is 0 Å². The zero-order valence-electron chi connectivity index (χ0n) is 13.3. The van der Waals surface area contributed by atoms with Gasteiger partial charge in [-0.25, -0.2) is 0 Å². The average molecular weight is 336 g/mol. The number of hydrogen-bond donors (Lipinski definition) is 1. The van der Waals surface area contributed by atoms with Crippen molar-refractivity contribution in [2.24, 2.45) is 0 Å². The Bertz CT molecular complexity index is 1010. The van der Waals surface area contributed by atoms with Crippen LogP contribution in [-0.2, 0) is 11.2 Å². The summed E-state index contributed by atoms with van der Waals surface area (Å²) < 4.78 is 0. The maximum Gasteiger partial charge on any atom is 0.224 e. The molecule has 0 atom stereocenters. The Kier molecular flexibility index (Phi) is 3.99. The van der Waals surface area contributed by atoms with Gasteiger partial charge in [-0.05, 0) is 44.3 Å². The summed E-state index contributed by atoms with van der Waals surface area (Å²) in [6.45, 7) is 0.633. The van der Waals surface area contributed by atoms with Crippen molar-refractivity contribution in [1.82, 2.24) is 5.32 Å². The molecule has 24 heavy (non-hydrogen) atoms. The molecule has 0 radical (unpaired) electrons. The van der Waals surface area contributed by atoms with E-state index < -0.39 is 0 Å². The molecule has 2 nitrogen and oxygen atoms in total. The van der Waals surface area contributed by atoms with Crippen molar-refractivity contribution in [2.45, 2.75) is 12.8 Å². The van der Waals surface area contributed by atoms with Crippen LogP contribution in [0.15, 0.2) is 54.6 Å². The topological polar surface area (TPSA) is 29.1 Å². The number of halogens is 1. The molecule has 3 heteroatoms. The van der Waals surface area contributed by atoms with Crippen LogP contribution in [0.1, 0.15) is 12.0 Å². The van der Waals surface area contributed by atoms with Gasteiger partial charge in [0.05, 0.1) is 6.42 Å². The highest BCUT2D eigenvalue weighted by atomic mass is 35.5. The third-order valence-corrected chi connectivity index (χ3v) is 4.87. The van der Waals surface area contributed by atoms with Gasteiger partial charge >= 0.3 is 0 Å². The first kappa shape index (κ1) is 15.2. The van der Waals surface area contributed by atoms with E-state index in [1.54, 1.807) is 0 Å². The standard InChI is InChI=1S/C21H18ClNO/c22-11-2-12-23-19(24)13-17-8-7-16-6-5-14-3-1-4-15-9-10-18(17)21(16)20(14)15/h1,3-10H,2,11-13H2,(H,23,24). The van der Waals surface area contributed by atoms with Crippen LogP contribution in [0.2, 0.25) is 0 Å². The summed E-state index contributed by atoms with van der Waals surface area (Å²) in [6.07, 6.45) is 1.20. The van der Waals surface area contributed by atoms with Crippen molar-refractivity contribution >= 4 is 49.8 Å². The second-order valence-corrected chi connectivity index (χ2v) is 6.53. The largest absolute Gasteiger partial charge is 0.356 e. The molecule has 4 aromatic carbocycles. The minimum atomic E-state index is 0.0511. The molecule has 0 aliphatic heterocycles. The van der Waals surface area contributed by atoms with Crippen LogP contribution >= 0.6 is 11.6 Å². The first-order valence-electron chi connectivity index (χ1n) is 8.26. The Morgan fingerprint density at radius 2 is 1.54 bits per heavy atom. The lowest BCUT2D eigenvalue weighted by molar-refractivity contribution is -0.120. The van der Waals surface area contributed by atoms with Crippen LogP contribution in [0.25, 0.3) is 32.3 Å². The van der Waals surface area contributed by atoms with Crippen molar-refractivity contribution in [1.29, 1.82) is 0 Å². The maximum atomic E-state index is 12.2. The molecule has 0 fully saturated rings. The van der Waals surface area contributed by atoms with Crippen LogP contribution in [0.4, 0.5) is 0 Å². The van der Waals surface area contributed by atoms with Crippen LogP contribution < -0.4 is 5.32 Å². The van der Waals surface area contributed by atoms with Gasteiger partial charge in [0, 0.05) is 12.4 Å². The minimum absolute atomic E-state index is 0.0511. The minimum Gasteiger partial charge on any atom is -0.356 e. The fourth-order valence-electron chi connectivity index (χ4n) is 3.48. The van der Waals surface area contributed by atoms with E-state index in [0.717, 1.165) is 12.0 Å². The molecule has 4 rings (SSSR count). The number of carbonyl (C=O) groups excluding carboxylic acids is 1. The Morgan fingerprint density at radius 3 is 2.29 bits per heavy atom. The second kappa shape index (κ2) is 6.29. The summed E-state index contributed by atoms with van der Waals surface area (Å²) in [5.74, 6) is 0.620. The molecular weight excluding hydrogens is 318 g/mol. The van der Waals surface area contributed by atoms with Crippen LogP contribution in [0.5, 0.6) is 0 Å². The third kappa shape index (κ3) is 2.57. The Morgan fingerprint density at radius 1 is 0.875 bits per heavy atom. The highest BCUT2D eigenvalue weighted by molar-refractivity contribution is 6.23. The average Bonchev–Trinajstić information content (AvgIpc) is 2.61. The lowest BCUT2D eigenvalue weighted by atomic mass is 9.91. The summed E-state index contributed by atoms with van der Waals surface area (Å²) >= 11 is 5.66. The normalized spacial score (nSPS) is 11.5. The Balaban J connectivity index is 1.81. The molecular formula is C21H18ClNO. The second-order valence-electron chi connectivity index (χ2n) is 6.15. The molecule has 0 heterocycles. The van der Waals surface area contributed by atoms with E-state index >= 15 is 0 Å². The molecule has 0 spiro atoms. The van der Waals surface area contributed by atoms with E-state index in [9.17, 15) is 4.79 Å². The van der Waals surface area contributed by atoms with E-state index in [4.69, 9.17) is 11.6 Å². The fraction of sp³-hybridized carbons (Fsp3) is 0.190. The van der Waals surface area contributed by atoms with Gasteiger partial charge in [-0.15, -0.1) is 11.6 Å². The first-order valence-corrected chi connectivity index (χ1v) is 8.79. The zero-order chi connectivity index (χ0) is 16.5. The van der Waals surface area contributed by atoms with Gasteiger partial charge in [0.2, 0.25) is 5.91 Å². The predicted octanol–water partition coefficient (Wildman–Crippen LogP) is 4.87. The van der Waals surface area contributed by atoms with E-state index in [0.29, 0.717) is 18.8 Å². The number of nitrogens with one attached hydrogen (secondary N) is 1. The van der Waals surface area contributed by atoms with Crippen molar-refractivity contribution < 1.29 is 4.79 Å². The SMILES string of the molecule is O=C(Cc1ccc2ccc3cccc4ccc1c2c34)NCCCCl. The summed E-state index contributed by atoms with van der Waals surface area (Å²) in [6, 6.07) is 19.2. The van der Waals surface area contributed by atoms with Gasteiger partial charge in [-0.1, -0.05) is 54.6 Å². The van der Waals surface area contributed by atoms with Gasteiger partial charge < -0.3 is 5.32 Å². The first-order chi connectivity index (χ1) is 11.8. The Hall–Kier alpha value is -2.32. The number of hydrogen-bond acceptors (Lipinski definition) is 1. The smallest absolute Gasteiger partial charge is 0.224 e. The molecule has 0 bridgehead atoms. The van der Waals surface area contributed by atoms with E-state index in [-0.39, 0.29) is 5.91 Å². The van der Waals surface area contributed by atoms with Gasteiger partial charge in [-0.2, -0.15) is 0 Å². The van der Waals surface area contributed by atoms with Crippen LogP contribution in [0, 0.1) is 0 Å². The Labute approximate surface area is 145 Å². The highest BCUT2D eigenvalue weighted by Crippen LogP contribution is 2.35. The quantitative estimate of drug-likeness (QED) is 0.314. The monoisotopic (exact) mass is 335 g/mol. The number of alkyl halides is 1. The van der Waals surface area contributed by atoms with Gasteiger partial charge in [0.1, 0.15) is 0 Å². The number of amides is 1. The van der Waals surface area contributed by atoms with E-state index in [1.165, 1.54) is 32.3 Å². The van der Waals surface area contributed by atoms with Crippen LogP contribution in [-0.4, -0.2) is 18.3 Å². The number of carbonyl (C=O) groups is 1. The summed E-state index contributed by atoms with van der Waals surface area (Å²) in [5, 5.41) is 10.4. The lowest BCUT2D eigenvalue weighted by Crippen LogP contribution is -2.26. The predicted molar refractivity (Wildman–Crippen MR) is 102 cm³/mol. The molecule has 1 amide bonds. The molecule has 0 aliphatic rings. The molecule has 0 unspecified atom stereocenters. The summed E-state index contributed by atoms with van der Waals surface area (Å²) in [7, 11) is 0. The summed E-state index contributed by atoms with van der Waals surface area (Å²) in [5.41, 5.74) is 1.07. The van der Waals surface area contributed by atoms with Crippen molar-refractivity contribution in [3.8, 4) is 0 Å². The zero-order valence-corrected chi connectivity index (χ0v) is 14.1. The van der Waals surface area contributed by atoms with Crippen molar-refractivity contribution in [3.05, 3.63) is 60.2 Å². The van der Waals surface area contributed by atoms with Crippen molar-refractivity contribution in [3.63, 3.8) is 0 Å². The summed E-state index contributed by atoms with van der Waals surface area (Å²) in [4.78, 5) is 12.2. The third-order valence-electron chi connectivity index (χ3n) is 4.60. The number of benzene rings is 4. The fourth-order valence-corrected chi connectivity index (χ4v) is 3.61. The van der Waals surface area contributed by atoms with Crippen LogP contribution in [0.3, 0.4) is 0 Å². The molecule has 120 valence electrons. The highest BCUT2D eigenvalue weighted by Gasteiger charge is 2.12. The molecule has 0 aliphatic carbocycles.